The Labute approximate surface area is 207 Å². The Morgan fingerprint density at radius 1 is 1.09 bits per heavy atom. The van der Waals surface area contributed by atoms with Gasteiger partial charge in [0.25, 0.3) is 0 Å². The predicted octanol–water partition coefficient (Wildman–Crippen LogP) is 3.68. The van der Waals surface area contributed by atoms with E-state index >= 15 is 0 Å². The summed E-state index contributed by atoms with van der Waals surface area (Å²) in [6.45, 7) is 11.6. The Kier molecular flexibility index (Phi) is 7.69. The van der Waals surface area contributed by atoms with E-state index in [1.807, 2.05) is 54.8 Å². The van der Waals surface area contributed by atoms with E-state index < -0.39 is 6.04 Å². The van der Waals surface area contributed by atoms with E-state index in [4.69, 9.17) is 4.98 Å². The molecule has 1 saturated heterocycles. The maximum absolute atomic E-state index is 13.7. The number of likely N-dealkylation sites (N-methyl/N-ethyl adjacent to an activating group) is 1. The highest BCUT2D eigenvalue weighted by molar-refractivity contribution is 6.10. The first-order chi connectivity index (χ1) is 16.8. The van der Waals surface area contributed by atoms with Crippen molar-refractivity contribution in [3.63, 3.8) is 0 Å². The van der Waals surface area contributed by atoms with Gasteiger partial charge in [0.2, 0.25) is 23.7 Å². The van der Waals surface area contributed by atoms with Crippen LogP contribution in [0.3, 0.4) is 0 Å². The minimum absolute atomic E-state index is 0.133. The van der Waals surface area contributed by atoms with Crippen LogP contribution in [0.15, 0.2) is 36.4 Å². The molecule has 2 aliphatic rings. The van der Waals surface area contributed by atoms with Crippen LogP contribution in [0.2, 0.25) is 0 Å². The Bertz CT molecular complexity index is 1090. The van der Waals surface area contributed by atoms with Crippen molar-refractivity contribution in [2.45, 2.75) is 59.5 Å². The van der Waals surface area contributed by atoms with Gasteiger partial charge in [-0.3, -0.25) is 24.6 Å². The highest BCUT2D eigenvalue weighted by Crippen LogP contribution is 2.37. The first kappa shape index (κ1) is 25.1. The molecule has 3 unspecified atom stereocenters. The van der Waals surface area contributed by atoms with Gasteiger partial charge in [0, 0.05) is 13.1 Å². The number of allylic oxidation sites excluding steroid dienone is 2. The molecule has 0 bridgehead atoms. The number of carbonyl (C=O) groups is 3. The zero-order chi connectivity index (χ0) is 25.1. The van der Waals surface area contributed by atoms with E-state index in [-0.39, 0.29) is 35.5 Å². The molecule has 2 aromatic rings. The monoisotopic (exact) mass is 479 g/mol. The average Bonchev–Trinajstić information content (AvgIpc) is 3.32. The SMILES string of the molecule is CCN(CC)CCn1c(NC(=O)C(CC(C)C)N2C(=O)C3CC=CCC3C2=O)nc2ccccc21. The molecular weight excluding hydrogens is 442 g/mol. The molecule has 188 valence electrons. The lowest BCUT2D eigenvalue weighted by Crippen LogP contribution is -2.48. The van der Waals surface area contributed by atoms with Crippen molar-refractivity contribution in [1.82, 2.24) is 19.4 Å². The number of nitrogens with one attached hydrogen (secondary N) is 1. The van der Waals surface area contributed by atoms with E-state index in [2.05, 4.69) is 24.1 Å². The number of likely N-dealkylation sites (tertiary alicyclic amines) is 1. The third kappa shape index (κ3) is 5.03. The van der Waals surface area contributed by atoms with Crippen LogP contribution < -0.4 is 5.32 Å². The van der Waals surface area contributed by atoms with Crippen LogP contribution in [0.4, 0.5) is 5.95 Å². The van der Waals surface area contributed by atoms with Crippen molar-refractivity contribution in [2.75, 3.05) is 25.0 Å². The van der Waals surface area contributed by atoms with Crippen LogP contribution in [0.25, 0.3) is 11.0 Å². The summed E-state index contributed by atoms with van der Waals surface area (Å²) in [4.78, 5) is 48.4. The second kappa shape index (κ2) is 10.7. The van der Waals surface area contributed by atoms with Crippen molar-refractivity contribution < 1.29 is 14.4 Å². The van der Waals surface area contributed by atoms with Gasteiger partial charge < -0.3 is 9.47 Å². The second-order valence-electron chi connectivity index (χ2n) is 9.94. The Morgan fingerprint density at radius 2 is 1.71 bits per heavy atom. The van der Waals surface area contributed by atoms with Crippen molar-refractivity contribution in [3.05, 3.63) is 36.4 Å². The summed E-state index contributed by atoms with van der Waals surface area (Å²) in [5, 5.41) is 3.00. The molecule has 4 rings (SSSR count). The van der Waals surface area contributed by atoms with Gasteiger partial charge in [-0.25, -0.2) is 4.98 Å². The van der Waals surface area contributed by atoms with Crippen LogP contribution in [0.5, 0.6) is 0 Å². The van der Waals surface area contributed by atoms with Crippen LogP contribution in [-0.4, -0.2) is 62.7 Å². The number of fused-ring (bicyclic) bond motifs is 2. The number of anilines is 1. The minimum atomic E-state index is -0.850. The summed E-state index contributed by atoms with van der Waals surface area (Å²) in [7, 11) is 0. The summed E-state index contributed by atoms with van der Waals surface area (Å²) >= 11 is 0. The van der Waals surface area contributed by atoms with Gasteiger partial charge in [-0.2, -0.15) is 0 Å². The summed E-state index contributed by atoms with van der Waals surface area (Å²) in [6.07, 6.45) is 5.46. The predicted molar refractivity (Wildman–Crippen MR) is 137 cm³/mol. The molecule has 2 heterocycles. The molecule has 0 radical (unpaired) electrons. The van der Waals surface area contributed by atoms with Crippen LogP contribution in [0, 0.1) is 17.8 Å². The van der Waals surface area contributed by atoms with Crippen LogP contribution in [-0.2, 0) is 20.9 Å². The number of hydrogen-bond acceptors (Lipinski definition) is 5. The highest BCUT2D eigenvalue weighted by Gasteiger charge is 2.51. The van der Waals surface area contributed by atoms with E-state index in [1.54, 1.807) is 0 Å². The molecule has 1 N–H and O–H groups in total. The molecule has 1 aliphatic heterocycles. The molecule has 1 aliphatic carbocycles. The lowest BCUT2D eigenvalue weighted by Gasteiger charge is -2.27. The normalized spacial score (nSPS) is 20.8. The number of carbonyl (C=O) groups excluding carboxylic acids is 3. The van der Waals surface area contributed by atoms with Crippen molar-refractivity contribution in [2.24, 2.45) is 17.8 Å². The van der Waals surface area contributed by atoms with Crippen LogP contribution >= 0.6 is 0 Å². The maximum atomic E-state index is 13.7. The van der Waals surface area contributed by atoms with Gasteiger partial charge in [0.05, 0.1) is 22.9 Å². The lowest BCUT2D eigenvalue weighted by molar-refractivity contribution is -0.147. The average molecular weight is 480 g/mol. The molecule has 1 aromatic heterocycles. The summed E-state index contributed by atoms with van der Waals surface area (Å²) < 4.78 is 2.02. The number of rotatable bonds is 10. The van der Waals surface area contributed by atoms with Gasteiger partial charge >= 0.3 is 0 Å². The van der Waals surface area contributed by atoms with Crippen LogP contribution in [0.1, 0.15) is 47.0 Å². The molecule has 0 saturated carbocycles. The summed E-state index contributed by atoms with van der Waals surface area (Å²) in [5.41, 5.74) is 1.74. The van der Waals surface area contributed by atoms with E-state index in [0.717, 1.165) is 30.7 Å². The number of imide groups is 1. The lowest BCUT2D eigenvalue weighted by atomic mass is 9.85. The summed E-state index contributed by atoms with van der Waals surface area (Å²) in [5.74, 6) is -0.919. The molecule has 0 spiro atoms. The van der Waals surface area contributed by atoms with Crippen molar-refractivity contribution in [3.8, 4) is 0 Å². The topological polar surface area (TPSA) is 87.5 Å². The maximum Gasteiger partial charge on any atom is 0.249 e. The Balaban J connectivity index is 1.62. The Morgan fingerprint density at radius 3 is 2.31 bits per heavy atom. The molecule has 1 fully saturated rings. The standard InChI is InChI=1S/C27H37N5O3/c1-5-30(6-2)15-16-31-22-14-10-9-13-21(22)28-27(31)29-24(33)23(17-18(3)4)32-25(34)19-11-7-8-12-20(19)26(32)35/h7-10,13-14,18-20,23H,5-6,11-12,15-17H2,1-4H3,(H,28,29,33). The van der Waals surface area contributed by atoms with E-state index in [9.17, 15) is 14.4 Å². The second-order valence-corrected chi connectivity index (χ2v) is 9.94. The number of amides is 3. The molecule has 35 heavy (non-hydrogen) atoms. The molecule has 8 nitrogen and oxygen atoms in total. The quantitative estimate of drug-likeness (QED) is 0.415. The van der Waals surface area contributed by atoms with Crippen molar-refractivity contribution in [1.29, 1.82) is 0 Å². The van der Waals surface area contributed by atoms with Gasteiger partial charge in [0.1, 0.15) is 6.04 Å². The fraction of sp³-hybridized carbons (Fsp3) is 0.556. The number of imidazole rings is 1. The number of nitrogens with zero attached hydrogens (tertiary/aromatic N) is 4. The fourth-order valence-corrected chi connectivity index (χ4v) is 5.28. The van der Waals surface area contributed by atoms with Gasteiger partial charge in [-0.15, -0.1) is 0 Å². The van der Waals surface area contributed by atoms with E-state index in [1.165, 1.54) is 4.90 Å². The third-order valence-corrected chi connectivity index (χ3v) is 7.27. The van der Waals surface area contributed by atoms with Gasteiger partial charge in [-0.1, -0.05) is 52.0 Å². The molecule has 3 amide bonds. The zero-order valence-corrected chi connectivity index (χ0v) is 21.2. The van der Waals surface area contributed by atoms with E-state index in [0.29, 0.717) is 31.8 Å². The largest absolute Gasteiger partial charge is 0.309 e. The van der Waals surface area contributed by atoms with Gasteiger partial charge in [-0.05, 0) is 50.4 Å². The smallest absolute Gasteiger partial charge is 0.249 e. The summed E-state index contributed by atoms with van der Waals surface area (Å²) in [6, 6.07) is 6.96. The minimum Gasteiger partial charge on any atom is -0.309 e. The molecular formula is C27H37N5O3. The third-order valence-electron chi connectivity index (χ3n) is 7.27. The van der Waals surface area contributed by atoms with Crippen molar-refractivity contribution >= 4 is 34.7 Å². The van der Waals surface area contributed by atoms with Gasteiger partial charge in [0.15, 0.2) is 0 Å². The highest BCUT2D eigenvalue weighted by atomic mass is 16.2. The molecule has 3 atom stereocenters. The Hall–Kier alpha value is -3.00. The molecule has 8 heteroatoms. The number of benzene rings is 1. The number of aromatic nitrogens is 2. The fourth-order valence-electron chi connectivity index (χ4n) is 5.28. The first-order valence-electron chi connectivity index (χ1n) is 12.9. The number of hydrogen-bond donors (Lipinski definition) is 1. The molecule has 1 aromatic carbocycles. The first-order valence-corrected chi connectivity index (χ1v) is 12.9. The zero-order valence-electron chi connectivity index (χ0n) is 21.2. The number of para-hydroxylation sites is 2.